The van der Waals surface area contributed by atoms with Crippen LogP contribution in [0, 0.1) is 17.1 Å². The second kappa shape index (κ2) is 9.87. The molecule has 1 saturated heterocycles. The lowest BCUT2D eigenvalue weighted by Crippen LogP contribution is -2.49. The molecule has 1 amide bonds. The zero-order chi connectivity index (χ0) is 27.0. The highest BCUT2D eigenvalue weighted by molar-refractivity contribution is 5.84. The molecule has 0 spiro atoms. The van der Waals surface area contributed by atoms with Gasteiger partial charge in [-0.05, 0) is 51.8 Å². The van der Waals surface area contributed by atoms with E-state index in [1.54, 1.807) is 34.8 Å². The van der Waals surface area contributed by atoms with Gasteiger partial charge in [0, 0.05) is 42.8 Å². The minimum atomic E-state index is -1.43. The molecule has 0 aliphatic carbocycles. The molecule has 1 unspecified atom stereocenters. The number of hydrogen-bond donors (Lipinski definition) is 1. The van der Waals surface area contributed by atoms with Crippen molar-refractivity contribution in [3.8, 4) is 22.9 Å². The predicted molar refractivity (Wildman–Crippen MR) is 136 cm³/mol. The molecule has 0 aromatic carbocycles. The summed E-state index contributed by atoms with van der Waals surface area (Å²) in [6.45, 7) is 5.74. The van der Waals surface area contributed by atoms with Gasteiger partial charge in [0.05, 0.1) is 18.4 Å². The van der Waals surface area contributed by atoms with Crippen LogP contribution in [-0.2, 0) is 4.79 Å². The van der Waals surface area contributed by atoms with Crippen molar-refractivity contribution in [3.05, 3.63) is 66.3 Å². The molecule has 196 valence electrons. The van der Waals surface area contributed by atoms with Crippen molar-refractivity contribution in [3.63, 3.8) is 0 Å². The van der Waals surface area contributed by atoms with Crippen molar-refractivity contribution in [1.29, 1.82) is 5.26 Å². The van der Waals surface area contributed by atoms with Crippen molar-refractivity contribution in [1.82, 2.24) is 29.3 Å². The minimum Gasteiger partial charge on any atom is -0.482 e. The van der Waals surface area contributed by atoms with Gasteiger partial charge in [-0.3, -0.25) is 14.5 Å². The van der Waals surface area contributed by atoms with Crippen LogP contribution in [0.15, 0.2) is 49.2 Å². The van der Waals surface area contributed by atoms with Gasteiger partial charge in [-0.2, -0.15) is 15.5 Å². The van der Waals surface area contributed by atoms with Crippen LogP contribution in [0.2, 0.25) is 0 Å². The number of rotatable bonds is 6. The fraction of sp³-hybridized carbons (Fsp3) is 0.370. The number of piperidine rings is 1. The summed E-state index contributed by atoms with van der Waals surface area (Å²) in [6, 6.07) is 6.70. The molecule has 10 nitrogen and oxygen atoms in total. The van der Waals surface area contributed by atoms with Crippen LogP contribution in [-0.4, -0.2) is 59.0 Å². The number of pyridine rings is 2. The van der Waals surface area contributed by atoms with Crippen LogP contribution in [0.25, 0.3) is 16.6 Å². The Morgan fingerprint density at radius 2 is 2.11 bits per heavy atom. The standard InChI is InChI=1S/C27H28FN7O3/c1-17(24-22(28)7-4-8-30-24)38-23-10-18(14-35-25(23)19(11-29)12-32-35)20-13-31-34(15-20)21-6-5-9-33(16-21)26(36)27(2,3)37/h4,7-8,10,12-15,17,21,37H,5-6,9,16H2,1-3H3/t17-,21?/m1/s1. The van der Waals surface area contributed by atoms with Gasteiger partial charge in [0.2, 0.25) is 0 Å². The fourth-order valence-corrected chi connectivity index (χ4v) is 4.79. The highest BCUT2D eigenvalue weighted by atomic mass is 19.1. The van der Waals surface area contributed by atoms with E-state index in [-0.39, 0.29) is 17.6 Å². The summed E-state index contributed by atoms with van der Waals surface area (Å²) in [7, 11) is 0. The van der Waals surface area contributed by atoms with E-state index >= 15 is 0 Å². The van der Waals surface area contributed by atoms with Crippen molar-refractivity contribution < 1.29 is 19.0 Å². The largest absolute Gasteiger partial charge is 0.482 e. The van der Waals surface area contributed by atoms with Crippen LogP contribution in [0.5, 0.6) is 5.75 Å². The average molecular weight is 518 g/mol. The molecular weight excluding hydrogens is 489 g/mol. The topological polar surface area (TPSA) is 122 Å². The van der Waals surface area contributed by atoms with E-state index < -0.39 is 17.5 Å². The Labute approximate surface area is 218 Å². The lowest BCUT2D eigenvalue weighted by molar-refractivity contribution is -0.149. The number of likely N-dealkylation sites (tertiary alicyclic amines) is 1. The predicted octanol–water partition coefficient (Wildman–Crippen LogP) is 3.68. The second-order valence-electron chi connectivity index (χ2n) is 10.0. The maximum Gasteiger partial charge on any atom is 0.254 e. The Morgan fingerprint density at radius 1 is 1.29 bits per heavy atom. The molecule has 1 fully saturated rings. The van der Waals surface area contributed by atoms with Gasteiger partial charge >= 0.3 is 0 Å². The highest BCUT2D eigenvalue weighted by Gasteiger charge is 2.33. The zero-order valence-corrected chi connectivity index (χ0v) is 21.4. The van der Waals surface area contributed by atoms with E-state index in [4.69, 9.17) is 4.74 Å². The third-order valence-corrected chi connectivity index (χ3v) is 6.69. The molecule has 0 radical (unpaired) electrons. The number of carbonyl (C=O) groups excluding carboxylic acids is 1. The molecule has 11 heteroatoms. The van der Waals surface area contributed by atoms with Gasteiger partial charge in [0.15, 0.2) is 0 Å². The first kappa shape index (κ1) is 25.4. The number of aromatic nitrogens is 5. The molecule has 4 aromatic heterocycles. The van der Waals surface area contributed by atoms with Crippen LogP contribution in [0.4, 0.5) is 4.39 Å². The summed E-state index contributed by atoms with van der Waals surface area (Å²) in [6.07, 6.45) is 9.28. The third-order valence-electron chi connectivity index (χ3n) is 6.69. The second-order valence-corrected chi connectivity index (χ2v) is 10.0. The maximum atomic E-state index is 14.3. The monoisotopic (exact) mass is 517 g/mol. The van der Waals surface area contributed by atoms with Gasteiger partial charge in [-0.1, -0.05) is 0 Å². The van der Waals surface area contributed by atoms with Gasteiger partial charge in [0.25, 0.3) is 5.91 Å². The lowest BCUT2D eigenvalue weighted by atomic mass is 10.0. The number of hydrogen-bond acceptors (Lipinski definition) is 7. The van der Waals surface area contributed by atoms with Gasteiger partial charge in [-0.25, -0.2) is 8.91 Å². The first-order valence-electron chi connectivity index (χ1n) is 12.4. The summed E-state index contributed by atoms with van der Waals surface area (Å²) in [5.41, 5.74) is 1.05. The molecule has 4 aromatic rings. The van der Waals surface area contributed by atoms with E-state index in [0.29, 0.717) is 29.9 Å². The Kier molecular flexibility index (Phi) is 6.59. The summed E-state index contributed by atoms with van der Waals surface area (Å²) >= 11 is 0. The fourth-order valence-electron chi connectivity index (χ4n) is 4.79. The smallest absolute Gasteiger partial charge is 0.254 e. The number of fused-ring (bicyclic) bond motifs is 1. The summed E-state index contributed by atoms with van der Waals surface area (Å²) < 4.78 is 23.9. The number of ether oxygens (including phenoxy) is 1. The summed E-state index contributed by atoms with van der Waals surface area (Å²) in [5, 5.41) is 28.6. The molecule has 2 atom stereocenters. The van der Waals surface area contributed by atoms with Gasteiger partial charge in [-0.15, -0.1) is 0 Å². The van der Waals surface area contributed by atoms with Crippen LogP contribution < -0.4 is 4.74 Å². The number of nitrogens with zero attached hydrogens (tertiary/aromatic N) is 7. The molecule has 1 aliphatic rings. The molecule has 0 saturated carbocycles. The van der Waals surface area contributed by atoms with Crippen LogP contribution >= 0.6 is 0 Å². The van der Waals surface area contributed by atoms with E-state index in [2.05, 4.69) is 21.3 Å². The molecule has 1 aliphatic heterocycles. The molecule has 38 heavy (non-hydrogen) atoms. The Bertz CT molecular complexity index is 1530. The number of amides is 1. The van der Waals surface area contributed by atoms with Crippen molar-refractivity contribution >= 4 is 11.4 Å². The quantitative estimate of drug-likeness (QED) is 0.414. The Morgan fingerprint density at radius 3 is 2.84 bits per heavy atom. The van der Waals surface area contributed by atoms with E-state index in [0.717, 1.165) is 24.0 Å². The Hall–Kier alpha value is -4.30. The maximum absolute atomic E-state index is 14.3. The normalized spacial score (nSPS) is 16.8. The van der Waals surface area contributed by atoms with Crippen molar-refractivity contribution in [2.75, 3.05) is 13.1 Å². The molecule has 5 rings (SSSR count). The van der Waals surface area contributed by atoms with Crippen molar-refractivity contribution in [2.24, 2.45) is 0 Å². The third kappa shape index (κ3) is 4.82. The van der Waals surface area contributed by atoms with E-state index in [1.807, 2.05) is 10.9 Å². The number of aliphatic hydroxyl groups is 1. The SMILES string of the molecule is C[C@@H](Oc1cc(-c2cnn(C3CCCN(C(=O)C(C)(C)O)C3)c2)cn2ncc(C#N)c12)c1ncccc1F. The molecule has 1 N–H and O–H groups in total. The minimum absolute atomic E-state index is 0.0368. The zero-order valence-electron chi connectivity index (χ0n) is 21.4. The van der Waals surface area contributed by atoms with Gasteiger partial charge < -0.3 is 14.7 Å². The number of carbonyl (C=O) groups is 1. The van der Waals surface area contributed by atoms with E-state index in [1.165, 1.54) is 38.4 Å². The van der Waals surface area contributed by atoms with Crippen LogP contribution in [0.1, 0.15) is 57.0 Å². The first-order valence-corrected chi connectivity index (χ1v) is 12.4. The average Bonchev–Trinajstić information content (AvgIpc) is 3.55. The molecule has 5 heterocycles. The number of halogens is 1. The first-order chi connectivity index (χ1) is 18.2. The summed E-state index contributed by atoms with van der Waals surface area (Å²) in [5.74, 6) is -0.416. The molecular formula is C27H28FN7O3. The lowest BCUT2D eigenvalue weighted by Gasteiger charge is -2.35. The highest BCUT2D eigenvalue weighted by Crippen LogP contribution is 2.34. The van der Waals surface area contributed by atoms with Gasteiger partial charge in [0.1, 0.15) is 46.1 Å². The van der Waals surface area contributed by atoms with Crippen LogP contribution in [0.3, 0.4) is 0 Å². The molecule has 0 bridgehead atoms. The number of nitriles is 1. The Balaban J connectivity index is 1.46. The van der Waals surface area contributed by atoms with Crippen molar-refractivity contribution in [2.45, 2.75) is 51.4 Å². The van der Waals surface area contributed by atoms with E-state index in [9.17, 15) is 19.6 Å². The summed E-state index contributed by atoms with van der Waals surface area (Å²) in [4.78, 5) is 18.4.